The van der Waals surface area contributed by atoms with Crippen LogP contribution in [0.15, 0.2) is 40.7 Å². The summed E-state index contributed by atoms with van der Waals surface area (Å²) in [5.74, 6) is 2.00. The van der Waals surface area contributed by atoms with Crippen molar-refractivity contribution >= 4 is 11.9 Å². The smallest absolute Gasteiger partial charge is 0.232 e. The molecule has 1 aromatic heterocycles. The van der Waals surface area contributed by atoms with E-state index in [2.05, 4.69) is 6.92 Å². The van der Waals surface area contributed by atoms with Crippen LogP contribution in [0.3, 0.4) is 0 Å². The number of likely N-dealkylation sites (tertiary alicyclic amines) is 1. The zero-order valence-corrected chi connectivity index (χ0v) is 14.2. The van der Waals surface area contributed by atoms with Crippen LogP contribution in [0.2, 0.25) is 0 Å². The van der Waals surface area contributed by atoms with Gasteiger partial charge in [0.05, 0.1) is 30.5 Å². The van der Waals surface area contributed by atoms with Gasteiger partial charge in [-0.1, -0.05) is 6.92 Å². The van der Waals surface area contributed by atoms with E-state index in [9.17, 15) is 9.90 Å². The average Bonchev–Trinajstić information content (AvgIpc) is 3.20. The quantitative estimate of drug-likeness (QED) is 0.843. The average molecular weight is 340 g/mol. The predicted molar refractivity (Wildman–Crippen MR) is 92.5 cm³/mol. The van der Waals surface area contributed by atoms with Crippen molar-refractivity contribution in [2.75, 3.05) is 13.1 Å². The maximum absolute atomic E-state index is 12.6. The molecule has 25 heavy (non-hydrogen) atoms. The maximum atomic E-state index is 12.6. The molecule has 130 valence electrons. The molecule has 5 nitrogen and oxygen atoms in total. The van der Waals surface area contributed by atoms with E-state index in [0.29, 0.717) is 29.5 Å². The van der Waals surface area contributed by atoms with Crippen LogP contribution in [0, 0.1) is 5.92 Å². The maximum Gasteiger partial charge on any atom is 0.232 e. The van der Waals surface area contributed by atoms with Crippen molar-refractivity contribution < 1.29 is 24.0 Å². The molecular weight excluding hydrogens is 318 g/mol. The molecular formula is C20H22NO4+. The third-order valence-corrected chi connectivity index (χ3v) is 5.02. The number of piperidine rings is 1. The van der Waals surface area contributed by atoms with Gasteiger partial charge in [-0.15, -0.1) is 0 Å². The molecule has 2 aliphatic rings. The molecule has 1 unspecified atom stereocenters. The second kappa shape index (κ2) is 6.41. The summed E-state index contributed by atoms with van der Waals surface area (Å²) >= 11 is 0. The van der Waals surface area contributed by atoms with Gasteiger partial charge in [0.25, 0.3) is 0 Å². The molecule has 0 spiro atoms. The zero-order valence-electron chi connectivity index (χ0n) is 14.2. The Morgan fingerprint density at radius 3 is 3.00 bits per heavy atom. The number of hydrogen-bond acceptors (Lipinski definition) is 4. The van der Waals surface area contributed by atoms with Crippen LogP contribution >= 0.6 is 0 Å². The Kier molecular flexibility index (Phi) is 4.09. The number of ketones is 1. The van der Waals surface area contributed by atoms with Gasteiger partial charge in [0, 0.05) is 12.0 Å². The highest BCUT2D eigenvalue weighted by molar-refractivity contribution is 6.14. The van der Waals surface area contributed by atoms with Crippen LogP contribution in [0.4, 0.5) is 0 Å². The third kappa shape index (κ3) is 3.07. The summed E-state index contributed by atoms with van der Waals surface area (Å²) in [6.07, 6.45) is 5.60. The van der Waals surface area contributed by atoms with E-state index in [-0.39, 0.29) is 17.3 Å². The van der Waals surface area contributed by atoms with Gasteiger partial charge in [-0.2, -0.15) is 0 Å². The van der Waals surface area contributed by atoms with Crippen molar-refractivity contribution in [2.24, 2.45) is 5.92 Å². The molecule has 1 saturated heterocycles. The standard InChI is InChI=1S/C20H21NO4/c1-13-4-2-8-21(11-13)12-16-17(22)7-6-15-19(23)18(25-20(15)16)10-14-5-3-9-24-14/h3,5-7,9-10,13,22H,2,4,8,11-12H2,1H3/p+1/b18-10-/t13-/m0/s1. The lowest BCUT2D eigenvalue weighted by atomic mass is 9.99. The summed E-state index contributed by atoms with van der Waals surface area (Å²) in [7, 11) is 0. The van der Waals surface area contributed by atoms with Crippen molar-refractivity contribution in [3.05, 3.63) is 53.2 Å². The third-order valence-electron chi connectivity index (χ3n) is 5.02. The number of allylic oxidation sites excluding steroid dienone is 1. The Morgan fingerprint density at radius 2 is 2.24 bits per heavy atom. The van der Waals surface area contributed by atoms with E-state index in [0.717, 1.165) is 18.7 Å². The van der Waals surface area contributed by atoms with Crippen molar-refractivity contribution in [2.45, 2.75) is 26.3 Å². The van der Waals surface area contributed by atoms with E-state index in [1.54, 1.807) is 36.6 Å². The molecule has 0 amide bonds. The predicted octanol–water partition coefficient (Wildman–Crippen LogP) is 2.42. The van der Waals surface area contributed by atoms with Gasteiger partial charge < -0.3 is 19.2 Å². The lowest BCUT2D eigenvalue weighted by molar-refractivity contribution is -0.922. The number of rotatable bonds is 3. The Bertz CT molecular complexity index is 822. The SMILES string of the molecule is C[C@H]1CCC[NH+](Cc2c(O)ccc3c2O/C(=C\c2ccco2)C3=O)C1. The van der Waals surface area contributed by atoms with E-state index < -0.39 is 0 Å². The first kappa shape index (κ1) is 16.0. The first-order chi connectivity index (χ1) is 12.1. The van der Waals surface area contributed by atoms with Crippen molar-refractivity contribution in [3.63, 3.8) is 0 Å². The molecule has 0 bridgehead atoms. The summed E-state index contributed by atoms with van der Waals surface area (Å²) in [6.45, 7) is 5.09. The topological polar surface area (TPSA) is 64.1 Å². The van der Waals surface area contributed by atoms with Crippen LogP contribution in [-0.4, -0.2) is 24.0 Å². The fourth-order valence-electron chi connectivity index (χ4n) is 3.78. The fourth-order valence-corrected chi connectivity index (χ4v) is 3.78. The molecule has 0 radical (unpaired) electrons. The highest BCUT2D eigenvalue weighted by Gasteiger charge is 2.33. The molecule has 0 saturated carbocycles. The number of furan rings is 1. The van der Waals surface area contributed by atoms with E-state index in [1.165, 1.54) is 17.7 Å². The number of nitrogens with one attached hydrogen (secondary N) is 1. The zero-order chi connectivity index (χ0) is 17.4. The van der Waals surface area contributed by atoms with Gasteiger partial charge in [0.15, 0.2) is 11.5 Å². The number of carbonyl (C=O) groups is 1. The monoisotopic (exact) mass is 340 g/mol. The minimum absolute atomic E-state index is 0.172. The lowest BCUT2D eigenvalue weighted by Crippen LogP contribution is -3.12. The number of hydrogen-bond donors (Lipinski definition) is 2. The van der Waals surface area contributed by atoms with E-state index in [4.69, 9.17) is 9.15 Å². The van der Waals surface area contributed by atoms with Gasteiger partial charge in [-0.3, -0.25) is 4.79 Å². The number of benzene rings is 1. The Hall–Kier alpha value is -2.53. The minimum Gasteiger partial charge on any atom is -0.507 e. The summed E-state index contributed by atoms with van der Waals surface area (Å²) in [4.78, 5) is 14.0. The van der Waals surface area contributed by atoms with E-state index >= 15 is 0 Å². The van der Waals surface area contributed by atoms with Gasteiger partial charge in [-0.05, 0) is 37.1 Å². The summed E-state index contributed by atoms with van der Waals surface area (Å²) < 4.78 is 11.1. The first-order valence-electron chi connectivity index (χ1n) is 8.78. The van der Waals surface area contributed by atoms with Crippen LogP contribution in [0.5, 0.6) is 11.5 Å². The molecule has 1 fully saturated rings. The van der Waals surface area contributed by atoms with Crippen molar-refractivity contribution in [1.82, 2.24) is 0 Å². The molecule has 2 aliphatic heterocycles. The van der Waals surface area contributed by atoms with Crippen molar-refractivity contribution in [3.8, 4) is 11.5 Å². The molecule has 2 atom stereocenters. The summed E-state index contributed by atoms with van der Waals surface area (Å²) in [5, 5.41) is 10.4. The lowest BCUT2D eigenvalue weighted by Gasteiger charge is -2.28. The second-order valence-electron chi connectivity index (χ2n) is 7.02. The number of quaternary nitrogens is 1. The second-order valence-corrected chi connectivity index (χ2v) is 7.02. The van der Waals surface area contributed by atoms with Gasteiger partial charge in [0.1, 0.15) is 18.1 Å². The Balaban J connectivity index is 1.64. The van der Waals surface area contributed by atoms with Crippen LogP contribution in [0.25, 0.3) is 6.08 Å². The largest absolute Gasteiger partial charge is 0.507 e. The molecule has 2 aromatic rings. The number of phenols is 1. The van der Waals surface area contributed by atoms with Crippen LogP contribution in [0.1, 0.15) is 41.4 Å². The van der Waals surface area contributed by atoms with Gasteiger partial charge >= 0.3 is 0 Å². The highest BCUT2D eigenvalue weighted by Crippen LogP contribution is 2.39. The Morgan fingerprint density at radius 1 is 1.36 bits per heavy atom. The number of phenolic OH excluding ortho intramolecular Hbond substituents is 1. The number of carbonyl (C=O) groups excluding carboxylic acids is 1. The molecule has 1 aromatic carbocycles. The molecule has 2 N–H and O–H groups in total. The minimum atomic E-state index is -0.172. The van der Waals surface area contributed by atoms with Crippen LogP contribution in [-0.2, 0) is 6.54 Å². The normalized spacial score (nSPS) is 24.4. The fraction of sp³-hybridized carbons (Fsp3) is 0.350. The molecule has 5 heteroatoms. The number of ether oxygens (including phenoxy) is 1. The van der Waals surface area contributed by atoms with Crippen molar-refractivity contribution in [1.29, 1.82) is 0 Å². The van der Waals surface area contributed by atoms with E-state index in [1.807, 2.05) is 0 Å². The molecule has 4 rings (SSSR count). The molecule has 3 heterocycles. The number of Topliss-reactive ketones (excluding diaryl/α,β-unsaturated/α-hetero) is 1. The number of aromatic hydroxyl groups is 1. The highest BCUT2D eigenvalue weighted by atomic mass is 16.5. The number of fused-ring (bicyclic) bond motifs is 1. The molecule has 0 aliphatic carbocycles. The summed E-state index contributed by atoms with van der Waals surface area (Å²) in [5.41, 5.74) is 1.23. The van der Waals surface area contributed by atoms with Gasteiger partial charge in [0.2, 0.25) is 5.78 Å². The van der Waals surface area contributed by atoms with Crippen LogP contribution < -0.4 is 9.64 Å². The van der Waals surface area contributed by atoms with Gasteiger partial charge in [-0.25, -0.2) is 0 Å². The summed E-state index contributed by atoms with van der Waals surface area (Å²) in [6, 6.07) is 6.76. The Labute approximate surface area is 146 Å². The first-order valence-corrected chi connectivity index (χ1v) is 8.78.